The van der Waals surface area contributed by atoms with E-state index >= 15 is 0 Å². The van der Waals surface area contributed by atoms with Gasteiger partial charge in [-0.1, -0.05) is 69.3 Å². The van der Waals surface area contributed by atoms with E-state index in [1.807, 2.05) is 12.1 Å². The fraction of sp³-hybridized carbons (Fsp3) is 0.294. The summed E-state index contributed by atoms with van der Waals surface area (Å²) in [5.74, 6) is 1.01. The van der Waals surface area contributed by atoms with Gasteiger partial charge in [0, 0.05) is 5.30 Å². The van der Waals surface area contributed by atoms with Crippen molar-refractivity contribution in [1.82, 2.24) is 0 Å². The van der Waals surface area contributed by atoms with Crippen LogP contribution in [0.1, 0.15) is 26.3 Å². The molecule has 2 aromatic carbocycles. The third kappa shape index (κ3) is 3.58. The Bertz CT molecular complexity index is 528. The van der Waals surface area contributed by atoms with Crippen LogP contribution in [-0.2, 0) is 5.41 Å². The van der Waals surface area contributed by atoms with Crippen molar-refractivity contribution < 1.29 is 4.52 Å². The Morgan fingerprint density at radius 1 is 0.842 bits per heavy atom. The standard InChI is InChI=1S/C17H21OP/c1-17(2,3)15-12-8-9-13-16(15)18-19(4)14-10-6-5-7-11-14/h5-13H,1-4H3. The maximum Gasteiger partial charge on any atom is 0.127 e. The van der Waals surface area contributed by atoms with Crippen molar-refractivity contribution in [1.29, 1.82) is 0 Å². The van der Waals surface area contributed by atoms with Crippen LogP contribution in [0.5, 0.6) is 5.75 Å². The second kappa shape index (κ2) is 5.75. The quantitative estimate of drug-likeness (QED) is 0.735. The maximum atomic E-state index is 6.22. The van der Waals surface area contributed by atoms with E-state index in [0.29, 0.717) is 0 Å². The van der Waals surface area contributed by atoms with Crippen LogP contribution in [0, 0.1) is 0 Å². The van der Waals surface area contributed by atoms with Gasteiger partial charge >= 0.3 is 0 Å². The molecule has 0 radical (unpaired) electrons. The Labute approximate surface area is 117 Å². The lowest BCUT2D eigenvalue weighted by atomic mass is 9.86. The van der Waals surface area contributed by atoms with Gasteiger partial charge in [0.25, 0.3) is 0 Å². The molecule has 1 nitrogen and oxygen atoms in total. The number of para-hydroxylation sites is 1. The highest BCUT2D eigenvalue weighted by Gasteiger charge is 2.19. The molecule has 2 aromatic rings. The van der Waals surface area contributed by atoms with Crippen molar-refractivity contribution in [3.8, 4) is 5.75 Å². The van der Waals surface area contributed by atoms with E-state index in [-0.39, 0.29) is 5.41 Å². The number of benzene rings is 2. The Morgan fingerprint density at radius 3 is 2.05 bits per heavy atom. The monoisotopic (exact) mass is 272 g/mol. The molecule has 19 heavy (non-hydrogen) atoms. The second-order valence-electron chi connectivity index (χ2n) is 5.67. The lowest BCUT2D eigenvalue weighted by Crippen LogP contribution is -2.13. The van der Waals surface area contributed by atoms with Crippen molar-refractivity contribution in [3.63, 3.8) is 0 Å². The van der Waals surface area contributed by atoms with Gasteiger partial charge in [-0.15, -0.1) is 0 Å². The van der Waals surface area contributed by atoms with Crippen LogP contribution in [-0.4, -0.2) is 6.66 Å². The van der Waals surface area contributed by atoms with Gasteiger partial charge in [-0.05, 0) is 23.7 Å². The summed E-state index contributed by atoms with van der Waals surface area (Å²) in [5.41, 5.74) is 1.36. The topological polar surface area (TPSA) is 9.23 Å². The summed E-state index contributed by atoms with van der Waals surface area (Å²) in [5, 5.41) is 1.27. The lowest BCUT2D eigenvalue weighted by molar-refractivity contribution is 0.540. The normalized spacial score (nSPS) is 13.1. The molecule has 1 atom stereocenters. The van der Waals surface area contributed by atoms with E-state index in [4.69, 9.17) is 4.52 Å². The molecule has 1 unspecified atom stereocenters. The van der Waals surface area contributed by atoms with Gasteiger partial charge in [-0.2, -0.15) is 0 Å². The first-order valence-corrected chi connectivity index (χ1v) is 8.25. The van der Waals surface area contributed by atoms with Crippen molar-refractivity contribution in [2.75, 3.05) is 6.66 Å². The van der Waals surface area contributed by atoms with Crippen LogP contribution in [0.2, 0.25) is 0 Å². The second-order valence-corrected chi connectivity index (χ2v) is 7.36. The van der Waals surface area contributed by atoms with Crippen LogP contribution in [0.15, 0.2) is 54.6 Å². The molecular formula is C17H21OP. The maximum absolute atomic E-state index is 6.22. The molecule has 0 aromatic heterocycles. The Hall–Kier alpha value is -1.33. The first-order valence-electron chi connectivity index (χ1n) is 6.55. The summed E-state index contributed by atoms with van der Waals surface area (Å²) < 4.78 is 6.22. The summed E-state index contributed by atoms with van der Waals surface area (Å²) in [6, 6.07) is 18.8. The predicted molar refractivity (Wildman–Crippen MR) is 84.7 cm³/mol. The van der Waals surface area contributed by atoms with Crippen molar-refractivity contribution >= 4 is 13.5 Å². The van der Waals surface area contributed by atoms with E-state index in [1.54, 1.807) is 0 Å². The van der Waals surface area contributed by atoms with E-state index in [9.17, 15) is 0 Å². The van der Waals surface area contributed by atoms with Crippen LogP contribution < -0.4 is 9.83 Å². The summed E-state index contributed by atoms with van der Waals surface area (Å²) in [6.07, 6.45) is 0. The minimum absolute atomic E-state index is 0.101. The Kier molecular flexibility index (Phi) is 4.27. The molecule has 2 heteroatoms. The Morgan fingerprint density at radius 2 is 1.42 bits per heavy atom. The summed E-state index contributed by atoms with van der Waals surface area (Å²) in [6.45, 7) is 8.81. The van der Waals surface area contributed by atoms with Gasteiger partial charge in [0.1, 0.15) is 13.9 Å². The average Bonchev–Trinajstić information content (AvgIpc) is 2.39. The highest BCUT2D eigenvalue weighted by Crippen LogP contribution is 2.39. The predicted octanol–water partition coefficient (Wildman–Crippen LogP) is 4.72. The lowest BCUT2D eigenvalue weighted by Gasteiger charge is -2.24. The molecule has 0 amide bonds. The van der Waals surface area contributed by atoms with Crippen molar-refractivity contribution in [2.45, 2.75) is 26.2 Å². The summed E-state index contributed by atoms with van der Waals surface area (Å²) >= 11 is 0. The molecule has 0 N–H and O–H groups in total. The molecule has 0 heterocycles. The van der Waals surface area contributed by atoms with Crippen molar-refractivity contribution in [3.05, 3.63) is 60.2 Å². The van der Waals surface area contributed by atoms with E-state index in [2.05, 4.69) is 69.9 Å². The minimum atomic E-state index is -0.615. The molecule has 0 spiro atoms. The van der Waals surface area contributed by atoms with Crippen LogP contribution in [0.25, 0.3) is 0 Å². The summed E-state index contributed by atoms with van der Waals surface area (Å²) in [4.78, 5) is 0. The highest BCUT2D eigenvalue weighted by molar-refractivity contribution is 7.60. The smallest absolute Gasteiger partial charge is 0.127 e. The van der Waals surface area contributed by atoms with Gasteiger partial charge in [0.15, 0.2) is 0 Å². The molecule has 0 aliphatic heterocycles. The van der Waals surface area contributed by atoms with Crippen LogP contribution in [0.3, 0.4) is 0 Å². The molecule has 0 aliphatic carbocycles. The summed E-state index contributed by atoms with van der Waals surface area (Å²) in [7, 11) is -0.615. The van der Waals surface area contributed by atoms with Gasteiger partial charge in [-0.3, -0.25) is 0 Å². The third-order valence-corrected chi connectivity index (χ3v) is 4.55. The molecule has 0 bridgehead atoms. The van der Waals surface area contributed by atoms with Gasteiger partial charge in [-0.25, -0.2) is 0 Å². The first-order chi connectivity index (χ1) is 8.98. The van der Waals surface area contributed by atoms with Gasteiger partial charge in [0.05, 0.1) is 0 Å². The van der Waals surface area contributed by atoms with Crippen LogP contribution >= 0.6 is 8.15 Å². The SMILES string of the molecule is CP(Oc1ccccc1C(C)(C)C)c1ccccc1. The molecule has 0 aliphatic rings. The number of hydrogen-bond donors (Lipinski definition) is 0. The fourth-order valence-electron chi connectivity index (χ4n) is 2.00. The minimum Gasteiger partial charge on any atom is -0.469 e. The van der Waals surface area contributed by atoms with Gasteiger partial charge < -0.3 is 4.52 Å². The zero-order valence-corrected chi connectivity index (χ0v) is 12.9. The fourth-order valence-corrected chi connectivity index (χ4v) is 3.16. The Balaban J connectivity index is 2.25. The zero-order valence-electron chi connectivity index (χ0n) is 12.1. The van der Waals surface area contributed by atoms with E-state index < -0.39 is 8.15 Å². The largest absolute Gasteiger partial charge is 0.469 e. The molecule has 0 saturated heterocycles. The van der Waals surface area contributed by atoms with Crippen LogP contribution in [0.4, 0.5) is 0 Å². The van der Waals surface area contributed by atoms with E-state index in [0.717, 1.165) is 5.75 Å². The average molecular weight is 272 g/mol. The van der Waals surface area contributed by atoms with Gasteiger partial charge in [0.2, 0.25) is 0 Å². The highest BCUT2D eigenvalue weighted by atomic mass is 31.1. The molecular weight excluding hydrogens is 251 g/mol. The molecule has 2 rings (SSSR count). The van der Waals surface area contributed by atoms with E-state index in [1.165, 1.54) is 10.9 Å². The zero-order chi connectivity index (χ0) is 13.9. The molecule has 0 fully saturated rings. The number of rotatable bonds is 3. The third-order valence-electron chi connectivity index (χ3n) is 3.05. The molecule has 0 saturated carbocycles. The van der Waals surface area contributed by atoms with Crippen molar-refractivity contribution in [2.24, 2.45) is 0 Å². The first kappa shape index (κ1) is 14.1. The molecule has 100 valence electrons. The number of hydrogen-bond acceptors (Lipinski definition) is 1.